The molecule has 33 heavy (non-hydrogen) atoms. The highest BCUT2D eigenvalue weighted by Crippen LogP contribution is 2.55. The number of hydrogen-bond acceptors (Lipinski definition) is 4. The minimum Gasteiger partial charge on any atom is -0.350 e. The molecule has 170 valence electrons. The summed E-state index contributed by atoms with van der Waals surface area (Å²) < 4.78 is 1.71. The molecule has 0 saturated heterocycles. The Bertz CT molecular complexity index is 1220. The van der Waals surface area contributed by atoms with E-state index >= 15 is 0 Å². The van der Waals surface area contributed by atoms with Crippen molar-refractivity contribution in [3.8, 4) is 0 Å². The molecule has 0 aliphatic heterocycles. The summed E-state index contributed by atoms with van der Waals surface area (Å²) in [5, 5.41) is 4.65. The van der Waals surface area contributed by atoms with E-state index in [4.69, 9.17) is 4.98 Å². The van der Waals surface area contributed by atoms with Gasteiger partial charge in [0, 0.05) is 5.54 Å². The van der Waals surface area contributed by atoms with Gasteiger partial charge in [-0.1, -0.05) is 54.2 Å². The maximum absolute atomic E-state index is 13.3. The molecule has 1 amide bonds. The van der Waals surface area contributed by atoms with E-state index in [1.807, 2.05) is 54.6 Å². The maximum atomic E-state index is 13.3. The zero-order valence-electron chi connectivity index (χ0n) is 18.7. The number of amides is 1. The van der Waals surface area contributed by atoms with Gasteiger partial charge in [0.2, 0.25) is 5.91 Å². The van der Waals surface area contributed by atoms with Gasteiger partial charge in [-0.15, -0.1) is 0 Å². The summed E-state index contributed by atoms with van der Waals surface area (Å²) >= 11 is 1.37. The fraction of sp³-hybridized carbons (Fsp3) is 0.444. The van der Waals surface area contributed by atoms with Gasteiger partial charge in [-0.25, -0.2) is 4.98 Å². The molecule has 6 heteroatoms. The second-order valence-electron chi connectivity index (χ2n) is 10.3. The number of fused-ring (bicyclic) bond motifs is 1. The molecule has 1 aromatic heterocycles. The first-order valence-electron chi connectivity index (χ1n) is 12.0. The number of benzene rings is 2. The van der Waals surface area contributed by atoms with Crippen molar-refractivity contribution in [2.24, 2.45) is 17.8 Å². The Balaban J connectivity index is 1.23. The quantitative estimate of drug-likeness (QED) is 0.432. The third-order valence-corrected chi connectivity index (χ3v) is 8.76. The van der Waals surface area contributed by atoms with Crippen LogP contribution in [0.3, 0.4) is 0 Å². The van der Waals surface area contributed by atoms with E-state index in [0.29, 0.717) is 22.6 Å². The summed E-state index contributed by atoms with van der Waals surface area (Å²) in [6, 6.07) is 17.4. The first kappa shape index (κ1) is 21.0. The number of hydrogen-bond donors (Lipinski definition) is 1. The number of thioether (sulfide) groups is 1. The van der Waals surface area contributed by atoms with Crippen molar-refractivity contribution in [2.45, 2.75) is 55.8 Å². The third kappa shape index (κ3) is 4.10. The van der Waals surface area contributed by atoms with Crippen molar-refractivity contribution < 1.29 is 4.79 Å². The Labute approximate surface area is 198 Å². The van der Waals surface area contributed by atoms with Crippen LogP contribution in [-0.4, -0.2) is 26.8 Å². The van der Waals surface area contributed by atoms with Gasteiger partial charge < -0.3 is 5.32 Å². The van der Waals surface area contributed by atoms with Crippen molar-refractivity contribution in [1.29, 1.82) is 0 Å². The number of para-hydroxylation sites is 1. The van der Waals surface area contributed by atoms with Crippen LogP contribution in [0.25, 0.3) is 10.9 Å². The molecular formula is C27H29N3O2S. The smallest absolute Gasteiger partial charge is 0.262 e. The van der Waals surface area contributed by atoms with Crippen molar-refractivity contribution in [3.05, 3.63) is 70.5 Å². The Kier molecular flexibility index (Phi) is 5.28. The number of aromatic nitrogens is 2. The molecule has 4 fully saturated rings. The molecule has 4 saturated carbocycles. The largest absolute Gasteiger partial charge is 0.350 e. The fourth-order valence-corrected chi connectivity index (χ4v) is 7.69. The molecule has 0 spiro atoms. The number of nitrogens with one attached hydrogen (secondary N) is 1. The molecule has 4 aliphatic carbocycles. The van der Waals surface area contributed by atoms with Crippen molar-refractivity contribution in [2.75, 3.05) is 5.75 Å². The molecule has 7 rings (SSSR count). The molecule has 0 radical (unpaired) electrons. The zero-order valence-corrected chi connectivity index (χ0v) is 19.5. The van der Waals surface area contributed by atoms with E-state index in [1.54, 1.807) is 4.57 Å². The first-order chi connectivity index (χ1) is 16.1. The van der Waals surface area contributed by atoms with Crippen LogP contribution in [0.1, 0.15) is 44.1 Å². The summed E-state index contributed by atoms with van der Waals surface area (Å²) in [4.78, 5) is 31.2. The van der Waals surface area contributed by atoms with Crippen LogP contribution in [-0.2, 0) is 11.3 Å². The molecule has 4 bridgehead atoms. The van der Waals surface area contributed by atoms with Crippen LogP contribution in [0.5, 0.6) is 0 Å². The van der Waals surface area contributed by atoms with E-state index in [0.717, 1.165) is 42.6 Å². The third-order valence-electron chi connectivity index (χ3n) is 7.79. The highest BCUT2D eigenvalue weighted by atomic mass is 32.2. The standard InChI is InChI=1S/C27H29N3O2S/c31-24(29-27-13-19-10-20(14-27)12-21(11-19)15-27)17-33-26-28-23-9-5-4-8-22(23)25(32)30(26)16-18-6-2-1-3-7-18/h1-9,19-21H,10-17H2,(H,29,31). The van der Waals surface area contributed by atoms with Gasteiger partial charge in [-0.05, 0) is 74.0 Å². The number of carbonyl (C=O) groups is 1. The monoisotopic (exact) mass is 459 g/mol. The van der Waals surface area contributed by atoms with Crippen LogP contribution in [0.15, 0.2) is 64.5 Å². The summed E-state index contributed by atoms with van der Waals surface area (Å²) in [6.07, 6.45) is 7.50. The van der Waals surface area contributed by atoms with Crippen molar-refractivity contribution in [1.82, 2.24) is 14.9 Å². The van der Waals surface area contributed by atoms with E-state index in [-0.39, 0.29) is 22.8 Å². The number of rotatable bonds is 6. The molecule has 4 aliphatic rings. The highest BCUT2D eigenvalue weighted by molar-refractivity contribution is 7.99. The Morgan fingerprint density at radius 3 is 2.30 bits per heavy atom. The summed E-state index contributed by atoms with van der Waals surface area (Å²) in [6.45, 7) is 0.441. The van der Waals surface area contributed by atoms with Crippen LogP contribution in [0.4, 0.5) is 0 Å². The minimum atomic E-state index is -0.0616. The van der Waals surface area contributed by atoms with Crippen LogP contribution >= 0.6 is 11.8 Å². The summed E-state index contributed by atoms with van der Waals surface area (Å²) in [5.41, 5.74) is 1.66. The predicted octanol–water partition coefficient (Wildman–Crippen LogP) is 4.62. The average molecular weight is 460 g/mol. The molecule has 0 atom stereocenters. The molecular weight excluding hydrogens is 430 g/mol. The average Bonchev–Trinajstić information content (AvgIpc) is 2.79. The van der Waals surface area contributed by atoms with Crippen molar-refractivity contribution in [3.63, 3.8) is 0 Å². The van der Waals surface area contributed by atoms with E-state index in [2.05, 4.69) is 5.32 Å². The lowest BCUT2D eigenvalue weighted by Gasteiger charge is -2.56. The summed E-state index contributed by atoms with van der Waals surface area (Å²) in [7, 11) is 0. The minimum absolute atomic E-state index is 0.00686. The second-order valence-corrected chi connectivity index (χ2v) is 11.3. The first-order valence-corrected chi connectivity index (χ1v) is 13.0. The topological polar surface area (TPSA) is 64.0 Å². The molecule has 0 unspecified atom stereocenters. The highest BCUT2D eigenvalue weighted by Gasteiger charge is 2.51. The Morgan fingerprint density at radius 1 is 0.970 bits per heavy atom. The van der Waals surface area contributed by atoms with E-state index < -0.39 is 0 Å². The zero-order chi connectivity index (χ0) is 22.4. The van der Waals surface area contributed by atoms with E-state index in [1.165, 1.54) is 31.0 Å². The van der Waals surface area contributed by atoms with Gasteiger partial charge in [0.25, 0.3) is 5.56 Å². The van der Waals surface area contributed by atoms with Gasteiger partial charge in [0.15, 0.2) is 5.16 Å². The maximum Gasteiger partial charge on any atom is 0.262 e. The predicted molar refractivity (Wildman–Crippen MR) is 131 cm³/mol. The van der Waals surface area contributed by atoms with Gasteiger partial charge in [-0.2, -0.15) is 0 Å². The Hall–Kier alpha value is -2.60. The van der Waals surface area contributed by atoms with Gasteiger partial charge in [-0.3, -0.25) is 14.2 Å². The van der Waals surface area contributed by atoms with Crippen LogP contribution in [0.2, 0.25) is 0 Å². The normalized spacial score (nSPS) is 27.7. The lowest BCUT2D eigenvalue weighted by molar-refractivity contribution is -0.124. The number of carbonyl (C=O) groups excluding carboxylic acids is 1. The Morgan fingerprint density at radius 2 is 1.61 bits per heavy atom. The fourth-order valence-electron chi connectivity index (χ4n) is 6.89. The molecule has 3 aromatic rings. The molecule has 2 aromatic carbocycles. The van der Waals surface area contributed by atoms with Crippen LogP contribution < -0.4 is 10.9 Å². The molecule has 5 nitrogen and oxygen atoms in total. The molecule has 1 N–H and O–H groups in total. The lowest BCUT2D eigenvalue weighted by Crippen LogP contribution is -2.60. The van der Waals surface area contributed by atoms with Crippen LogP contribution in [0, 0.1) is 17.8 Å². The molecule has 1 heterocycles. The second kappa shape index (κ2) is 8.32. The SMILES string of the molecule is O=C(CSc1nc2ccccc2c(=O)n1Cc1ccccc1)NC12CC3CC(CC(C3)C1)C2. The van der Waals surface area contributed by atoms with Gasteiger partial charge >= 0.3 is 0 Å². The lowest BCUT2D eigenvalue weighted by atomic mass is 9.53. The van der Waals surface area contributed by atoms with Gasteiger partial charge in [0.1, 0.15) is 0 Å². The van der Waals surface area contributed by atoms with Gasteiger partial charge in [0.05, 0.1) is 23.2 Å². The van der Waals surface area contributed by atoms with E-state index in [9.17, 15) is 9.59 Å². The number of nitrogens with zero attached hydrogens (tertiary/aromatic N) is 2. The van der Waals surface area contributed by atoms with Crippen molar-refractivity contribution >= 4 is 28.6 Å². The summed E-state index contributed by atoms with van der Waals surface area (Å²) in [5.74, 6) is 2.73.